The first kappa shape index (κ1) is 13.8. The Bertz CT molecular complexity index is 371. The predicted molar refractivity (Wildman–Crippen MR) is 59.5 cm³/mol. The van der Waals surface area contributed by atoms with Gasteiger partial charge in [-0.25, -0.2) is 0 Å². The SMILES string of the molecule is CCC(C)(OC)c1noc(CC(=O)COC)n1. The van der Waals surface area contributed by atoms with E-state index in [1.165, 1.54) is 7.11 Å². The molecule has 0 fully saturated rings. The van der Waals surface area contributed by atoms with E-state index < -0.39 is 5.60 Å². The summed E-state index contributed by atoms with van der Waals surface area (Å²) >= 11 is 0. The molecule has 0 aliphatic carbocycles. The lowest BCUT2D eigenvalue weighted by atomic mass is 10.0. The van der Waals surface area contributed by atoms with Crippen LogP contribution in [0, 0.1) is 0 Å². The standard InChI is InChI=1S/C11H18N2O4/c1-5-11(2,16-4)10-12-9(17-13-10)6-8(14)7-15-3/h5-7H2,1-4H3. The Morgan fingerprint density at radius 3 is 2.71 bits per heavy atom. The summed E-state index contributed by atoms with van der Waals surface area (Å²) in [7, 11) is 3.06. The Morgan fingerprint density at radius 1 is 1.47 bits per heavy atom. The molecule has 0 aliphatic rings. The molecular formula is C11H18N2O4. The molecule has 0 aromatic carbocycles. The normalized spacial score (nSPS) is 14.6. The third-order valence-corrected chi connectivity index (χ3v) is 2.72. The van der Waals surface area contributed by atoms with Crippen LogP contribution in [0.2, 0.25) is 0 Å². The van der Waals surface area contributed by atoms with Gasteiger partial charge in [0.05, 0.1) is 6.42 Å². The minimum absolute atomic E-state index is 0.0486. The summed E-state index contributed by atoms with van der Waals surface area (Å²) in [5, 5.41) is 3.84. The van der Waals surface area contributed by atoms with Crippen LogP contribution in [-0.2, 0) is 26.3 Å². The molecule has 0 radical (unpaired) electrons. The highest BCUT2D eigenvalue weighted by Crippen LogP contribution is 2.25. The fourth-order valence-electron chi connectivity index (χ4n) is 1.32. The van der Waals surface area contributed by atoms with E-state index in [1.807, 2.05) is 13.8 Å². The van der Waals surface area contributed by atoms with Crippen LogP contribution in [0.25, 0.3) is 0 Å². The molecule has 1 unspecified atom stereocenters. The van der Waals surface area contributed by atoms with Gasteiger partial charge in [0.15, 0.2) is 5.78 Å². The maximum Gasteiger partial charge on any atom is 0.234 e. The molecule has 0 aliphatic heterocycles. The van der Waals surface area contributed by atoms with Crippen molar-refractivity contribution in [3.8, 4) is 0 Å². The summed E-state index contributed by atoms with van der Waals surface area (Å²) in [6, 6.07) is 0. The van der Waals surface area contributed by atoms with Crippen molar-refractivity contribution in [3.05, 3.63) is 11.7 Å². The summed E-state index contributed by atoms with van der Waals surface area (Å²) in [4.78, 5) is 15.5. The monoisotopic (exact) mass is 242 g/mol. The third kappa shape index (κ3) is 3.34. The van der Waals surface area contributed by atoms with E-state index in [2.05, 4.69) is 10.1 Å². The highest BCUT2D eigenvalue weighted by molar-refractivity contribution is 5.81. The highest BCUT2D eigenvalue weighted by atomic mass is 16.5. The number of carbonyl (C=O) groups is 1. The number of ether oxygens (including phenoxy) is 2. The van der Waals surface area contributed by atoms with Gasteiger partial charge in [-0.1, -0.05) is 12.1 Å². The molecule has 6 heteroatoms. The topological polar surface area (TPSA) is 74.5 Å². The van der Waals surface area contributed by atoms with Gasteiger partial charge < -0.3 is 14.0 Å². The summed E-state index contributed by atoms with van der Waals surface area (Å²) in [5.41, 5.74) is -0.577. The third-order valence-electron chi connectivity index (χ3n) is 2.72. The van der Waals surface area contributed by atoms with Crippen molar-refractivity contribution in [3.63, 3.8) is 0 Å². The molecule has 6 nitrogen and oxygen atoms in total. The lowest BCUT2D eigenvalue weighted by Crippen LogP contribution is -2.25. The molecule has 96 valence electrons. The van der Waals surface area contributed by atoms with Crippen molar-refractivity contribution >= 4 is 5.78 Å². The van der Waals surface area contributed by atoms with Crippen molar-refractivity contribution < 1.29 is 18.8 Å². The van der Waals surface area contributed by atoms with E-state index in [0.29, 0.717) is 18.1 Å². The van der Waals surface area contributed by atoms with Crippen molar-refractivity contribution in [2.24, 2.45) is 0 Å². The Kier molecular flexibility index (Phi) is 4.77. The van der Waals surface area contributed by atoms with Gasteiger partial charge in [-0.15, -0.1) is 0 Å². The molecule has 0 spiro atoms. The van der Waals surface area contributed by atoms with E-state index in [-0.39, 0.29) is 18.8 Å². The van der Waals surface area contributed by atoms with Crippen molar-refractivity contribution in [2.75, 3.05) is 20.8 Å². The van der Waals surface area contributed by atoms with Crippen LogP contribution in [0.4, 0.5) is 0 Å². The number of Topliss-reactive ketones (excluding diaryl/α,β-unsaturated/α-hetero) is 1. The van der Waals surface area contributed by atoms with Crippen LogP contribution >= 0.6 is 0 Å². The molecule has 0 saturated heterocycles. The van der Waals surface area contributed by atoms with Gasteiger partial charge in [0.25, 0.3) is 0 Å². The van der Waals surface area contributed by atoms with Crippen LogP contribution in [0.15, 0.2) is 4.52 Å². The summed E-state index contributed by atoms with van der Waals surface area (Å²) in [6.07, 6.45) is 0.804. The largest absolute Gasteiger partial charge is 0.377 e. The van der Waals surface area contributed by atoms with Gasteiger partial charge in [-0.05, 0) is 13.3 Å². The second-order valence-electron chi connectivity index (χ2n) is 3.95. The lowest BCUT2D eigenvalue weighted by molar-refractivity contribution is -0.122. The average Bonchev–Trinajstić information content (AvgIpc) is 2.77. The number of ketones is 1. The van der Waals surface area contributed by atoms with Crippen LogP contribution in [0.1, 0.15) is 32.0 Å². The Hall–Kier alpha value is -1.27. The molecular weight excluding hydrogens is 224 g/mol. The first-order valence-electron chi connectivity index (χ1n) is 5.44. The second-order valence-corrected chi connectivity index (χ2v) is 3.95. The Morgan fingerprint density at radius 2 is 2.18 bits per heavy atom. The van der Waals surface area contributed by atoms with Crippen LogP contribution < -0.4 is 0 Å². The van der Waals surface area contributed by atoms with E-state index in [1.54, 1.807) is 7.11 Å². The van der Waals surface area contributed by atoms with Crippen LogP contribution in [-0.4, -0.2) is 36.8 Å². The first-order chi connectivity index (χ1) is 8.05. The zero-order valence-corrected chi connectivity index (χ0v) is 10.6. The predicted octanol–water partition coefficient (Wildman–Crippen LogP) is 1.10. The van der Waals surface area contributed by atoms with Crippen LogP contribution in [0.3, 0.4) is 0 Å². The Balaban J connectivity index is 2.74. The quantitative estimate of drug-likeness (QED) is 0.712. The summed E-state index contributed by atoms with van der Waals surface area (Å²) < 4.78 is 15.1. The van der Waals surface area contributed by atoms with Gasteiger partial charge in [0.2, 0.25) is 11.7 Å². The molecule has 17 heavy (non-hydrogen) atoms. The smallest absolute Gasteiger partial charge is 0.234 e. The average molecular weight is 242 g/mol. The molecule has 1 heterocycles. The van der Waals surface area contributed by atoms with Gasteiger partial charge in [0, 0.05) is 14.2 Å². The molecule has 0 saturated carbocycles. The summed E-state index contributed by atoms with van der Waals surface area (Å²) in [5.74, 6) is 0.653. The van der Waals surface area contributed by atoms with Gasteiger partial charge in [0.1, 0.15) is 12.2 Å². The molecule has 0 amide bonds. The zero-order chi connectivity index (χ0) is 12.9. The maximum atomic E-state index is 11.3. The van der Waals surface area contributed by atoms with Gasteiger partial charge in [-0.2, -0.15) is 4.98 Å². The molecule has 1 rings (SSSR count). The molecule has 1 aromatic rings. The van der Waals surface area contributed by atoms with E-state index in [9.17, 15) is 4.79 Å². The van der Waals surface area contributed by atoms with E-state index >= 15 is 0 Å². The van der Waals surface area contributed by atoms with Gasteiger partial charge >= 0.3 is 0 Å². The minimum atomic E-state index is -0.577. The number of hydrogen-bond donors (Lipinski definition) is 0. The van der Waals surface area contributed by atoms with Crippen LogP contribution in [0.5, 0.6) is 0 Å². The first-order valence-corrected chi connectivity index (χ1v) is 5.44. The lowest BCUT2D eigenvalue weighted by Gasteiger charge is -2.21. The fourth-order valence-corrected chi connectivity index (χ4v) is 1.32. The number of methoxy groups -OCH3 is 2. The summed E-state index contributed by atoms with van der Waals surface area (Å²) in [6.45, 7) is 3.89. The number of aromatic nitrogens is 2. The van der Waals surface area contributed by atoms with E-state index in [0.717, 1.165) is 0 Å². The van der Waals surface area contributed by atoms with E-state index in [4.69, 9.17) is 14.0 Å². The Labute approximate surface area is 100 Å². The number of nitrogens with zero attached hydrogens (tertiary/aromatic N) is 2. The minimum Gasteiger partial charge on any atom is -0.377 e. The maximum absolute atomic E-state index is 11.3. The second kappa shape index (κ2) is 5.88. The number of rotatable bonds is 7. The number of carbonyl (C=O) groups excluding carboxylic acids is 1. The molecule has 1 aromatic heterocycles. The van der Waals surface area contributed by atoms with Gasteiger partial charge in [-0.3, -0.25) is 4.79 Å². The highest BCUT2D eigenvalue weighted by Gasteiger charge is 2.30. The fraction of sp³-hybridized carbons (Fsp3) is 0.727. The van der Waals surface area contributed by atoms with Crippen molar-refractivity contribution in [1.82, 2.24) is 10.1 Å². The zero-order valence-electron chi connectivity index (χ0n) is 10.6. The van der Waals surface area contributed by atoms with Crippen molar-refractivity contribution in [1.29, 1.82) is 0 Å². The molecule has 0 bridgehead atoms. The number of hydrogen-bond acceptors (Lipinski definition) is 6. The van der Waals surface area contributed by atoms with Crippen molar-refractivity contribution in [2.45, 2.75) is 32.3 Å². The molecule has 1 atom stereocenters. The molecule has 0 N–H and O–H groups in total.